The highest BCUT2D eigenvalue weighted by molar-refractivity contribution is 9.10. The fraction of sp³-hybridized carbons (Fsp3) is 0.440. The highest BCUT2D eigenvalue weighted by Crippen LogP contribution is 2.35. The first-order valence-corrected chi connectivity index (χ1v) is 14.2. The van der Waals surface area contributed by atoms with Gasteiger partial charge in [-0.05, 0) is 57.5 Å². The van der Waals surface area contributed by atoms with Crippen molar-refractivity contribution in [1.82, 2.24) is 10.2 Å². The summed E-state index contributed by atoms with van der Waals surface area (Å²) in [5.74, 6) is -0.103. The number of fused-ring (bicyclic) bond motifs is 1. The molecular weight excluding hydrogens is 550 g/mol. The SMILES string of the molecule is CCS(=O)(=O)N(CC(=O)N(Cc1cccc(Br)c1)[C@H](C)C(=O)NC(C)C)c1ccc2c(c1)OCCO2. The standard InChI is InChI=1S/C25H32BrN3O6S/c1-5-36(32,33)29(21-9-10-22-23(14-21)35-12-11-34-22)16-24(30)28(18(4)25(31)27-17(2)3)15-19-7-6-8-20(26)13-19/h6-10,13-14,17-18H,5,11-12,15-16H2,1-4H3,(H,27,31)/t18-/m1/s1. The van der Waals surface area contributed by atoms with Crippen LogP contribution < -0.4 is 19.1 Å². The van der Waals surface area contributed by atoms with E-state index in [0.29, 0.717) is 24.7 Å². The summed E-state index contributed by atoms with van der Waals surface area (Å²) in [6.07, 6.45) is 0. The van der Waals surface area contributed by atoms with Crippen molar-refractivity contribution in [1.29, 1.82) is 0 Å². The molecule has 9 nitrogen and oxygen atoms in total. The smallest absolute Gasteiger partial charge is 0.244 e. The highest BCUT2D eigenvalue weighted by Gasteiger charge is 2.31. The van der Waals surface area contributed by atoms with Crippen LogP contribution in [0.5, 0.6) is 11.5 Å². The Morgan fingerprint density at radius 2 is 1.75 bits per heavy atom. The van der Waals surface area contributed by atoms with E-state index in [1.807, 2.05) is 38.1 Å². The molecular formula is C25H32BrN3O6S. The molecule has 11 heteroatoms. The Bertz CT molecular complexity index is 1200. The van der Waals surface area contributed by atoms with Crippen LogP contribution in [-0.2, 0) is 26.2 Å². The molecule has 196 valence electrons. The summed E-state index contributed by atoms with van der Waals surface area (Å²) in [6.45, 7) is 7.24. The normalized spacial score (nSPS) is 13.7. The first-order valence-electron chi connectivity index (χ1n) is 11.8. The van der Waals surface area contributed by atoms with Crippen LogP contribution in [0.1, 0.15) is 33.3 Å². The van der Waals surface area contributed by atoms with E-state index in [0.717, 1.165) is 14.3 Å². The number of hydrogen-bond donors (Lipinski definition) is 1. The Labute approximate surface area is 220 Å². The average molecular weight is 583 g/mol. The van der Waals surface area contributed by atoms with Crippen molar-refractivity contribution < 1.29 is 27.5 Å². The van der Waals surface area contributed by atoms with Gasteiger partial charge in [-0.1, -0.05) is 28.1 Å². The van der Waals surface area contributed by atoms with E-state index in [1.165, 1.54) is 11.8 Å². The minimum absolute atomic E-state index is 0.113. The van der Waals surface area contributed by atoms with Crippen LogP contribution >= 0.6 is 15.9 Å². The second kappa shape index (κ2) is 12.0. The lowest BCUT2D eigenvalue weighted by Gasteiger charge is -2.32. The second-order valence-corrected chi connectivity index (χ2v) is 11.8. The minimum Gasteiger partial charge on any atom is -0.486 e. The quantitative estimate of drug-likeness (QED) is 0.461. The summed E-state index contributed by atoms with van der Waals surface area (Å²) in [5, 5.41) is 2.83. The Balaban J connectivity index is 1.95. The van der Waals surface area contributed by atoms with Gasteiger partial charge in [0, 0.05) is 23.1 Å². The largest absolute Gasteiger partial charge is 0.486 e. The molecule has 1 aliphatic rings. The molecule has 2 aromatic rings. The van der Waals surface area contributed by atoms with Crippen molar-refractivity contribution in [2.45, 2.75) is 46.3 Å². The molecule has 0 aromatic heterocycles. The zero-order valence-electron chi connectivity index (χ0n) is 20.9. The third-order valence-electron chi connectivity index (χ3n) is 5.63. The first kappa shape index (κ1) is 27.8. The number of amides is 2. The Kier molecular flexibility index (Phi) is 9.24. The summed E-state index contributed by atoms with van der Waals surface area (Å²) < 4.78 is 39.2. The fourth-order valence-corrected chi connectivity index (χ4v) is 5.23. The van der Waals surface area contributed by atoms with Crippen molar-refractivity contribution >= 4 is 43.5 Å². The number of carbonyl (C=O) groups excluding carboxylic acids is 2. The van der Waals surface area contributed by atoms with Gasteiger partial charge in [-0.2, -0.15) is 0 Å². The lowest BCUT2D eigenvalue weighted by atomic mass is 10.1. The molecule has 1 atom stereocenters. The molecule has 1 N–H and O–H groups in total. The van der Waals surface area contributed by atoms with Gasteiger partial charge in [0.05, 0.1) is 11.4 Å². The van der Waals surface area contributed by atoms with Gasteiger partial charge in [0.2, 0.25) is 21.8 Å². The van der Waals surface area contributed by atoms with Crippen LogP contribution in [0.4, 0.5) is 5.69 Å². The van der Waals surface area contributed by atoms with Gasteiger partial charge in [-0.15, -0.1) is 0 Å². The molecule has 0 saturated carbocycles. The van der Waals surface area contributed by atoms with Gasteiger partial charge in [-0.3, -0.25) is 13.9 Å². The summed E-state index contributed by atoms with van der Waals surface area (Å²) in [7, 11) is -3.83. The molecule has 1 heterocycles. The number of nitrogens with one attached hydrogen (secondary N) is 1. The molecule has 0 spiro atoms. The molecule has 0 bridgehead atoms. The van der Waals surface area contributed by atoms with Crippen LogP contribution in [-0.4, -0.2) is 62.7 Å². The van der Waals surface area contributed by atoms with Gasteiger partial charge < -0.3 is 19.7 Å². The zero-order chi connectivity index (χ0) is 26.5. The van der Waals surface area contributed by atoms with Crippen molar-refractivity contribution in [2.24, 2.45) is 0 Å². The monoisotopic (exact) mass is 581 g/mol. The molecule has 0 radical (unpaired) electrons. The second-order valence-electron chi connectivity index (χ2n) is 8.73. The van der Waals surface area contributed by atoms with Gasteiger partial charge in [0.25, 0.3) is 0 Å². The number of sulfonamides is 1. The molecule has 2 aromatic carbocycles. The van der Waals surface area contributed by atoms with E-state index in [-0.39, 0.29) is 29.9 Å². The summed E-state index contributed by atoms with van der Waals surface area (Å²) in [6, 6.07) is 11.2. The van der Waals surface area contributed by atoms with Gasteiger partial charge in [0.15, 0.2) is 11.5 Å². The first-order chi connectivity index (χ1) is 17.0. The molecule has 0 unspecified atom stereocenters. The number of ether oxygens (including phenoxy) is 2. The van der Waals surface area contributed by atoms with Crippen LogP contribution in [0.2, 0.25) is 0 Å². The summed E-state index contributed by atoms with van der Waals surface area (Å²) in [5.41, 5.74) is 1.09. The number of rotatable bonds is 10. The molecule has 36 heavy (non-hydrogen) atoms. The molecule has 0 fully saturated rings. The van der Waals surface area contributed by atoms with Gasteiger partial charge in [-0.25, -0.2) is 8.42 Å². The Morgan fingerprint density at radius 3 is 2.39 bits per heavy atom. The van der Waals surface area contributed by atoms with Crippen LogP contribution in [0.15, 0.2) is 46.9 Å². The molecule has 0 saturated heterocycles. The fourth-order valence-electron chi connectivity index (χ4n) is 3.73. The third-order valence-corrected chi connectivity index (χ3v) is 7.87. The maximum Gasteiger partial charge on any atom is 0.244 e. The molecule has 0 aliphatic carbocycles. The lowest BCUT2D eigenvalue weighted by Crippen LogP contribution is -2.52. The molecule has 2 amide bonds. The van der Waals surface area contributed by atoms with E-state index in [9.17, 15) is 18.0 Å². The number of benzene rings is 2. The van der Waals surface area contributed by atoms with Crippen molar-refractivity contribution in [3.8, 4) is 11.5 Å². The van der Waals surface area contributed by atoms with Crippen LogP contribution in [0.3, 0.4) is 0 Å². The predicted molar refractivity (Wildman–Crippen MR) is 142 cm³/mol. The van der Waals surface area contributed by atoms with E-state index in [1.54, 1.807) is 25.1 Å². The van der Waals surface area contributed by atoms with Crippen molar-refractivity contribution in [3.05, 3.63) is 52.5 Å². The van der Waals surface area contributed by atoms with Crippen LogP contribution in [0, 0.1) is 0 Å². The lowest BCUT2D eigenvalue weighted by molar-refractivity contribution is -0.139. The number of anilines is 1. The zero-order valence-corrected chi connectivity index (χ0v) is 23.3. The van der Waals surface area contributed by atoms with E-state index in [4.69, 9.17) is 9.47 Å². The predicted octanol–water partition coefficient (Wildman–Crippen LogP) is 3.32. The maximum atomic E-state index is 13.7. The van der Waals surface area contributed by atoms with E-state index < -0.39 is 28.5 Å². The topological polar surface area (TPSA) is 105 Å². The summed E-state index contributed by atoms with van der Waals surface area (Å²) in [4.78, 5) is 27.9. The number of nitrogens with zero attached hydrogens (tertiary/aromatic N) is 2. The Hall–Kier alpha value is -2.79. The average Bonchev–Trinajstić information content (AvgIpc) is 2.84. The Morgan fingerprint density at radius 1 is 1.06 bits per heavy atom. The number of halogens is 1. The van der Waals surface area contributed by atoms with Gasteiger partial charge in [0.1, 0.15) is 25.8 Å². The summed E-state index contributed by atoms with van der Waals surface area (Å²) >= 11 is 3.43. The third kappa shape index (κ3) is 6.91. The highest BCUT2D eigenvalue weighted by atomic mass is 79.9. The maximum absolute atomic E-state index is 13.7. The van der Waals surface area contributed by atoms with Gasteiger partial charge >= 0.3 is 0 Å². The minimum atomic E-state index is -3.83. The van der Waals surface area contributed by atoms with Crippen molar-refractivity contribution in [3.63, 3.8) is 0 Å². The number of hydrogen-bond acceptors (Lipinski definition) is 6. The molecule has 1 aliphatic heterocycles. The van der Waals surface area contributed by atoms with Crippen LogP contribution in [0.25, 0.3) is 0 Å². The number of carbonyl (C=O) groups is 2. The van der Waals surface area contributed by atoms with E-state index in [2.05, 4.69) is 21.2 Å². The van der Waals surface area contributed by atoms with Crippen molar-refractivity contribution in [2.75, 3.05) is 29.8 Å². The van der Waals surface area contributed by atoms with E-state index >= 15 is 0 Å². The molecule has 3 rings (SSSR count).